The highest BCUT2D eigenvalue weighted by Crippen LogP contribution is 2.25. The maximum atomic E-state index is 12.3. The Morgan fingerprint density at radius 3 is 2.57 bits per heavy atom. The van der Waals surface area contributed by atoms with Gasteiger partial charge in [0.05, 0.1) is 6.61 Å². The van der Waals surface area contributed by atoms with Crippen LogP contribution >= 0.6 is 12.4 Å². The summed E-state index contributed by atoms with van der Waals surface area (Å²) in [6.45, 7) is 4.22. The van der Waals surface area contributed by atoms with E-state index in [9.17, 15) is 4.79 Å². The van der Waals surface area contributed by atoms with Crippen LogP contribution in [0.4, 0.5) is 5.69 Å². The van der Waals surface area contributed by atoms with Crippen LogP contribution in [0.25, 0.3) is 10.8 Å². The van der Waals surface area contributed by atoms with Gasteiger partial charge >= 0.3 is 0 Å². The van der Waals surface area contributed by atoms with Crippen molar-refractivity contribution in [2.45, 2.75) is 26.3 Å². The minimum absolute atomic E-state index is 0. The van der Waals surface area contributed by atoms with Crippen LogP contribution in [0.3, 0.4) is 0 Å². The Bertz CT molecular complexity index is 893. The molecule has 2 N–H and O–H groups in total. The van der Waals surface area contributed by atoms with Crippen LogP contribution in [0, 0.1) is 0 Å². The van der Waals surface area contributed by atoms with Crippen molar-refractivity contribution in [2.75, 3.05) is 18.5 Å². The minimum Gasteiger partial charge on any atom is -0.493 e. The van der Waals surface area contributed by atoms with Crippen LogP contribution in [0.1, 0.15) is 25.3 Å². The van der Waals surface area contributed by atoms with Crippen molar-refractivity contribution < 1.29 is 9.53 Å². The van der Waals surface area contributed by atoms with Gasteiger partial charge < -0.3 is 15.4 Å². The zero-order chi connectivity index (χ0) is 18.9. The molecule has 3 aromatic carbocycles. The van der Waals surface area contributed by atoms with Gasteiger partial charge in [-0.3, -0.25) is 4.79 Å². The van der Waals surface area contributed by atoms with Crippen molar-refractivity contribution in [1.29, 1.82) is 0 Å². The van der Waals surface area contributed by atoms with Gasteiger partial charge in [0.1, 0.15) is 5.75 Å². The molecule has 0 bridgehead atoms. The second kappa shape index (κ2) is 11.3. The zero-order valence-electron chi connectivity index (χ0n) is 16.1. The second-order valence-corrected chi connectivity index (χ2v) is 6.41. The first-order valence-electron chi connectivity index (χ1n) is 9.47. The van der Waals surface area contributed by atoms with Crippen molar-refractivity contribution in [2.24, 2.45) is 0 Å². The summed E-state index contributed by atoms with van der Waals surface area (Å²) in [7, 11) is 0. The SMILES string of the molecule is CCNCc1ccccc1NC(=O)CCCOc1cccc2ccccc12.Cl. The molecule has 0 heterocycles. The summed E-state index contributed by atoms with van der Waals surface area (Å²) >= 11 is 0. The van der Waals surface area contributed by atoms with E-state index in [1.807, 2.05) is 48.5 Å². The summed E-state index contributed by atoms with van der Waals surface area (Å²) in [5.74, 6) is 0.880. The average Bonchev–Trinajstić information content (AvgIpc) is 2.70. The van der Waals surface area contributed by atoms with Crippen LogP contribution in [0.5, 0.6) is 5.75 Å². The number of amides is 1. The third-order valence-electron chi connectivity index (χ3n) is 4.41. The summed E-state index contributed by atoms with van der Waals surface area (Å²) in [6.07, 6.45) is 1.10. The summed E-state index contributed by atoms with van der Waals surface area (Å²) in [6, 6.07) is 22.1. The maximum absolute atomic E-state index is 12.3. The molecule has 0 aliphatic carbocycles. The number of nitrogens with one attached hydrogen (secondary N) is 2. The van der Waals surface area contributed by atoms with Crippen LogP contribution in [0.15, 0.2) is 66.7 Å². The zero-order valence-corrected chi connectivity index (χ0v) is 16.9. The highest BCUT2D eigenvalue weighted by Gasteiger charge is 2.07. The fourth-order valence-corrected chi connectivity index (χ4v) is 3.01. The van der Waals surface area contributed by atoms with Gasteiger partial charge in [0.2, 0.25) is 5.91 Å². The Morgan fingerprint density at radius 1 is 0.964 bits per heavy atom. The third kappa shape index (κ3) is 5.98. The molecule has 148 valence electrons. The number of fused-ring (bicyclic) bond motifs is 1. The second-order valence-electron chi connectivity index (χ2n) is 6.41. The van der Waals surface area contributed by atoms with E-state index in [1.165, 1.54) is 0 Å². The van der Waals surface area contributed by atoms with E-state index in [0.717, 1.165) is 40.9 Å². The number of halogens is 1. The number of hydrogen-bond acceptors (Lipinski definition) is 3. The van der Waals surface area contributed by atoms with E-state index in [1.54, 1.807) is 0 Å². The van der Waals surface area contributed by atoms with Gasteiger partial charge in [-0.1, -0.05) is 61.5 Å². The van der Waals surface area contributed by atoms with Gasteiger partial charge in [-0.2, -0.15) is 0 Å². The Hall–Kier alpha value is -2.56. The highest BCUT2D eigenvalue weighted by atomic mass is 35.5. The topological polar surface area (TPSA) is 50.4 Å². The molecule has 0 spiro atoms. The van der Waals surface area contributed by atoms with E-state index >= 15 is 0 Å². The molecule has 3 aromatic rings. The summed E-state index contributed by atoms with van der Waals surface area (Å²) < 4.78 is 5.91. The van der Waals surface area contributed by atoms with Crippen molar-refractivity contribution in [3.63, 3.8) is 0 Å². The molecule has 0 unspecified atom stereocenters. The quantitative estimate of drug-likeness (QED) is 0.489. The Balaban J connectivity index is 0.00000280. The lowest BCUT2D eigenvalue weighted by atomic mass is 10.1. The number of anilines is 1. The lowest BCUT2D eigenvalue weighted by Crippen LogP contribution is -2.17. The van der Waals surface area contributed by atoms with Crippen LogP contribution in [-0.2, 0) is 11.3 Å². The van der Waals surface area contributed by atoms with Gasteiger partial charge in [-0.25, -0.2) is 0 Å². The predicted molar refractivity (Wildman–Crippen MR) is 118 cm³/mol. The molecule has 0 aliphatic heterocycles. The molecule has 1 amide bonds. The fourth-order valence-electron chi connectivity index (χ4n) is 3.01. The molecule has 0 aromatic heterocycles. The van der Waals surface area contributed by atoms with Crippen LogP contribution < -0.4 is 15.4 Å². The molecule has 0 fully saturated rings. The number of ether oxygens (including phenoxy) is 1. The fraction of sp³-hybridized carbons (Fsp3) is 0.261. The molecule has 28 heavy (non-hydrogen) atoms. The number of rotatable bonds is 9. The lowest BCUT2D eigenvalue weighted by molar-refractivity contribution is -0.116. The summed E-state index contributed by atoms with van der Waals surface area (Å²) in [5.41, 5.74) is 1.97. The van der Waals surface area contributed by atoms with E-state index in [4.69, 9.17) is 4.74 Å². The van der Waals surface area contributed by atoms with Gasteiger partial charge in [-0.05, 0) is 36.0 Å². The highest BCUT2D eigenvalue weighted by molar-refractivity contribution is 5.91. The molecule has 5 heteroatoms. The monoisotopic (exact) mass is 398 g/mol. The summed E-state index contributed by atoms with van der Waals surface area (Å²) in [5, 5.41) is 8.56. The van der Waals surface area contributed by atoms with E-state index in [0.29, 0.717) is 19.4 Å². The Labute approximate surface area is 172 Å². The first-order chi connectivity index (χ1) is 13.3. The third-order valence-corrected chi connectivity index (χ3v) is 4.41. The summed E-state index contributed by atoms with van der Waals surface area (Å²) in [4.78, 5) is 12.3. The Kier molecular flexibility index (Phi) is 8.79. The van der Waals surface area contributed by atoms with Gasteiger partial charge in [0.15, 0.2) is 0 Å². The number of hydrogen-bond donors (Lipinski definition) is 2. The van der Waals surface area contributed by atoms with Crippen LogP contribution in [-0.4, -0.2) is 19.1 Å². The first-order valence-corrected chi connectivity index (χ1v) is 9.47. The molecule has 0 atom stereocenters. The molecule has 0 radical (unpaired) electrons. The number of benzene rings is 3. The predicted octanol–water partition coefficient (Wildman–Crippen LogP) is 5.17. The lowest BCUT2D eigenvalue weighted by Gasteiger charge is -2.12. The Morgan fingerprint density at radius 2 is 1.71 bits per heavy atom. The molecule has 3 rings (SSSR count). The van der Waals surface area contributed by atoms with Gasteiger partial charge in [-0.15, -0.1) is 12.4 Å². The minimum atomic E-state index is 0. The van der Waals surface area contributed by atoms with Gasteiger partial charge in [0, 0.05) is 24.0 Å². The molecule has 4 nitrogen and oxygen atoms in total. The van der Waals surface area contributed by atoms with Crippen molar-refractivity contribution in [3.8, 4) is 5.75 Å². The number of carbonyl (C=O) groups excluding carboxylic acids is 1. The maximum Gasteiger partial charge on any atom is 0.224 e. The molecular formula is C23H27ClN2O2. The van der Waals surface area contributed by atoms with E-state index in [-0.39, 0.29) is 18.3 Å². The standard InChI is InChI=1S/C23H26N2O2.ClH/c1-2-24-17-19-10-4-6-13-21(19)25-23(26)15-8-16-27-22-14-7-11-18-9-3-5-12-20(18)22;/h3-7,9-14,24H,2,8,15-17H2,1H3,(H,25,26);1H. The average molecular weight is 399 g/mol. The van der Waals surface area contributed by atoms with Crippen LogP contribution in [0.2, 0.25) is 0 Å². The smallest absolute Gasteiger partial charge is 0.224 e. The van der Waals surface area contributed by atoms with E-state index in [2.05, 4.69) is 35.8 Å². The number of para-hydroxylation sites is 1. The van der Waals surface area contributed by atoms with Crippen molar-refractivity contribution >= 4 is 34.8 Å². The molecule has 0 saturated heterocycles. The number of carbonyl (C=O) groups is 1. The van der Waals surface area contributed by atoms with Crippen molar-refractivity contribution in [3.05, 3.63) is 72.3 Å². The molecule has 0 saturated carbocycles. The van der Waals surface area contributed by atoms with Crippen molar-refractivity contribution in [1.82, 2.24) is 5.32 Å². The molecule has 0 aliphatic rings. The largest absolute Gasteiger partial charge is 0.493 e. The normalized spacial score (nSPS) is 10.3. The molecular weight excluding hydrogens is 372 g/mol. The van der Waals surface area contributed by atoms with Gasteiger partial charge in [0.25, 0.3) is 0 Å². The van der Waals surface area contributed by atoms with E-state index < -0.39 is 0 Å². The first kappa shape index (κ1) is 21.7.